The van der Waals surface area contributed by atoms with Gasteiger partial charge in [0.2, 0.25) is 0 Å². The molecule has 0 saturated heterocycles. The first-order valence-electron chi connectivity index (χ1n) is 6.10. The van der Waals surface area contributed by atoms with Gasteiger partial charge in [-0.1, -0.05) is 0 Å². The Kier molecular flexibility index (Phi) is 3.54. The molecule has 0 aromatic carbocycles. The maximum Gasteiger partial charge on any atom is 0.426 e. The van der Waals surface area contributed by atoms with Crippen LogP contribution in [0.15, 0.2) is 0 Å². The van der Waals surface area contributed by atoms with Gasteiger partial charge in [0.05, 0.1) is 12.2 Å². The molecule has 0 aromatic rings. The van der Waals surface area contributed by atoms with Crippen LogP contribution in [0.3, 0.4) is 0 Å². The first-order valence-corrected chi connectivity index (χ1v) is 6.10. The molecule has 2 aliphatic rings. The van der Waals surface area contributed by atoms with Crippen LogP contribution in [0.1, 0.15) is 19.3 Å². The second-order valence-electron chi connectivity index (χ2n) is 5.70. The summed E-state index contributed by atoms with van der Waals surface area (Å²) in [5.74, 6) is -2.47. The molecule has 2 bridgehead atoms. The normalized spacial score (nSPS) is 38.5. The number of fused-ring (bicyclic) bond motifs is 2. The predicted molar refractivity (Wildman–Crippen MR) is 53.4 cm³/mol. The van der Waals surface area contributed by atoms with Gasteiger partial charge in [0.15, 0.2) is 0 Å². The van der Waals surface area contributed by atoms with Crippen molar-refractivity contribution in [3.05, 3.63) is 0 Å². The third kappa shape index (κ3) is 2.19. The van der Waals surface area contributed by atoms with Crippen LogP contribution in [0.4, 0.5) is 26.3 Å². The summed E-state index contributed by atoms with van der Waals surface area (Å²) in [6.45, 7) is 0. The molecule has 2 rings (SSSR count). The Balaban J connectivity index is 2.20. The first-order chi connectivity index (χ1) is 8.88. The van der Waals surface area contributed by atoms with Gasteiger partial charge in [-0.15, -0.1) is 0 Å². The molecule has 3 nitrogen and oxygen atoms in total. The van der Waals surface area contributed by atoms with Crippen molar-refractivity contribution in [1.29, 1.82) is 0 Å². The van der Waals surface area contributed by atoms with E-state index in [4.69, 9.17) is 5.11 Å². The quantitative estimate of drug-likeness (QED) is 0.679. The zero-order chi connectivity index (χ0) is 15.5. The smallest absolute Gasteiger partial charge is 0.390 e. The minimum Gasteiger partial charge on any atom is -0.390 e. The third-order valence-electron chi connectivity index (χ3n) is 4.55. The van der Waals surface area contributed by atoms with Gasteiger partial charge in [0.25, 0.3) is 5.60 Å². The molecule has 0 aromatic heterocycles. The van der Waals surface area contributed by atoms with Crippen LogP contribution in [-0.2, 0) is 0 Å². The Hall–Kier alpha value is -0.540. The van der Waals surface area contributed by atoms with Crippen molar-refractivity contribution < 1.29 is 41.7 Å². The molecular formula is C11H14F6O3. The number of hydrogen-bond acceptors (Lipinski definition) is 3. The summed E-state index contributed by atoms with van der Waals surface area (Å²) < 4.78 is 75.5. The van der Waals surface area contributed by atoms with Gasteiger partial charge in [-0.25, -0.2) is 0 Å². The lowest BCUT2D eigenvalue weighted by Gasteiger charge is -2.38. The minimum absolute atomic E-state index is 0.0582. The molecule has 20 heavy (non-hydrogen) atoms. The summed E-state index contributed by atoms with van der Waals surface area (Å²) in [5.41, 5.74) is -4.78. The Labute approximate surface area is 110 Å². The fraction of sp³-hybridized carbons (Fsp3) is 1.00. The molecule has 2 saturated carbocycles. The molecule has 0 spiro atoms. The molecular weight excluding hydrogens is 294 g/mol. The van der Waals surface area contributed by atoms with E-state index >= 15 is 0 Å². The molecule has 0 aliphatic heterocycles. The average molecular weight is 308 g/mol. The summed E-state index contributed by atoms with van der Waals surface area (Å²) in [6.07, 6.45) is -15.5. The molecule has 0 unspecified atom stereocenters. The molecule has 118 valence electrons. The standard InChI is InChI=1S/C11H14F6O3/c12-10(13,14)9(20,11(15,16)17)3-5-1-4-2-6(5)8(19)7(4)18/h4-8,18-20H,1-3H2/t4-,5-,6-,7+,8-/m1/s1. The topological polar surface area (TPSA) is 60.7 Å². The highest BCUT2D eigenvalue weighted by molar-refractivity contribution is 5.05. The fourth-order valence-electron chi connectivity index (χ4n) is 3.44. The van der Waals surface area contributed by atoms with Crippen LogP contribution in [0.5, 0.6) is 0 Å². The molecule has 2 aliphatic carbocycles. The monoisotopic (exact) mass is 308 g/mol. The average Bonchev–Trinajstić information content (AvgIpc) is 2.77. The van der Waals surface area contributed by atoms with E-state index in [0.29, 0.717) is 0 Å². The predicted octanol–water partition coefficient (Wildman–Crippen LogP) is 1.61. The largest absolute Gasteiger partial charge is 0.426 e. The molecule has 0 heterocycles. The summed E-state index contributed by atoms with van der Waals surface area (Å²) in [6, 6.07) is 0. The molecule has 5 atom stereocenters. The number of alkyl halides is 6. The van der Waals surface area contributed by atoms with Crippen molar-refractivity contribution in [2.24, 2.45) is 17.8 Å². The highest BCUT2D eigenvalue weighted by Crippen LogP contribution is 2.55. The molecule has 0 radical (unpaired) electrons. The second kappa shape index (κ2) is 4.48. The van der Waals surface area contributed by atoms with Crippen molar-refractivity contribution in [2.45, 2.75) is 49.4 Å². The van der Waals surface area contributed by atoms with E-state index in [0.717, 1.165) is 0 Å². The van der Waals surface area contributed by atoms with Crippen molar-refractivity contribution in [3.8, 4) is 0 Å². The van der Waals surface area contributed by atoms with Crippen LogP contribution >= 0.6 is 0 Å². The van der Waals surface area contributed by atoms with Gasteiger partial charge in [-0.3, -0.25) is 0 Å². The zero-order valence-electron chi connectivity index (χ0n) is 10.1. The molecule has 3 N–H and O–H groups in total. The van der Waals surface area contributed by atoms with E-state index in [1.807, 2.05) is 0 Å². The number of aliphatic hydroxyl groups is 3. The van der Waals surface area contributed by atoms with Crippen LogP contribution in [-0.4, -0.2) is 45.5 Å². The van der Waals surface area contributed by atoms with Crippen LogP contribution in [0.2, 0.25) is 0 Å². The van der Waals surface area contributed by atoms with Gasteiger partial charge in [-0.2, -0.15) is 26.3 Å². The Bertz CT molecular complexity index is 363. The van der Waals surface area contributed by atoms with Gasteiger partial charge < -0.3 is 15.3 Å². The van der Waals surface area contributed by atoms with Crippen LogP contribution in [0, 0.1) is 17.8 Å². The number of halogens is 6. The molecule has 9 heteroatoms. The highest BCUT2D eigenvalue weighted by atomic mass is 19.4. The maximum atomic E-state index is 12.6. The number of aliphatic hydroxyl groups excluding tert-OH is 2. The minimum atomic E-state index is -5.84. The van der Waals surface area contributed by atoms with Crippen LogP contribution < -0.4 is 0 Å². The van der Waals surface area contributed by atoms with E-state index in [1.54, 1.807) is 0 Å². The number of rotatable bonds is 2. The van der Waals surface area contributed by atoms with E-state index in [2.05, 4.69) is 0 Å². The fourth-order valence-corrected chi connectivity index (χ4v) is 3.44. The van der Waals surface area contributed by atoms with E-state index < -0.39 is 54.3 Å². The zero-order valence-corrected chi connectivity index (χ0v) is 10.1. The number of hydrogen-bond donors (Lipinski definition) is 3. The van der Waals surface area contributed by atoms with Crippen molar-refractivity contribution >= 4 is 0 Å². The molecule has 2 fully saturated rings. The lowest BCUT2D eigenvalue weighted by Crippen LogP contribution is -2.58. The lowest BCUT2D eigenvalue weighted by atomic mass is 9.77. The summed E-state index contributed by atoms with van der Waals surface area (Å²) >= 11 is 0. The summed E-state index contributed by atoms with van der Waals surface area (Å²) in [7, 11) is 0. The van der Waals surface area contributed by atoms with Gasteiger partial charge >= 0.3 is 12.4 Å². The Morgan fingerprint density at radius 2 is 1.35 bits per heavy atom. The SMILES string of the molecule is O[C@H]1[C@@H]2C[C@H](CC(O)(C(F)(F)F)C(F)(F)F)[C@@H](C2)[C@H]1O. The van der Waals surface area contributed by atoms with Crippen LogP contribution in [0.25, 0.3) is 0 Å². The van der Waals surface area contributed by atoms with Crippen molar-refractivity contribution in [2.75, 3.05) is 0 Å². The van der Waals surface area contributed by atoms with E-state index in [-0.39, 0.29) is 12.8 Å². The van der Waals surface area contributed by atoms with Crippen molar-refractivity contribution in [3.63, 3.8) is 0 Å². The van der Waals surface area contributed by atoms with Gasteiger partial charge in [0, 0.05) is 0 Å². The van der Waals surface area contributed by atoms with Gasteiger partial charge in [0.1, 0.15) is 0 Å². The molecule has 0 amide bonds. The van der Waals surface area contributed by atoms with E-state index in [9.17, 15) is 36.6 Å². The second-order valence-corrected chi connectivity index (χ2v) is 5.70. The van der Waals surface area contributed by atoms with E-state index in [1.165, 1.54) is 0 Å². The Morgan fingerprint density at radius 1 is 0.850 bits per heavy atom. The van der Waals surface area contributed by atoms with Gasteiger partial charge in [-0.05, 0) is 37.0 Å². The lowest BCUT2D eigenvalue weighted by molar-refractivity contribution is -0.373. The van der Waals surface area contributed by atoms with Crippen molar-refractivity contribution in [1.82, 2.24) is 0 Å². The summed E-state index contributed by atoms with van der Waals surface area (Å²) in [4.78, 5) is 0. The maximum absolute atomic E-state index is 12.6. The Morgan fingerprint density at radius 3 is 1.70 bits per heavy atom. The third-order valence-corrected chi connectivity index (χ3v) is 4.55. The highest BCUT2D eigenvalue weighted by Gasteiger charge is 2.71. The first kappa shape index (κ1) is 15.8. The summed E-state index contributed by atoms with van der Waals surface area (Å²) in [5, 5.41) is 28.2.